The fourth-order valence-electron chi connectivity index (χ4n) is 2.96. The van der Waals surface area contributed by atoms with Gasteiger partial charge in [-0.15, -0.1) is 0 Å². The molecule has 3 heterocycles. The lowest BCUT2D eigenvalue weighted by atomic mass is 10.1. The molecule has 1 saturated heterocycles. The Hall–Kier alpha value is -0.870. The van der Waals surface area contributed by atoms with Gasteiger partial charge in [-0.1, -0.05) is 0 Å². The average molecular weight is 235 g/mol. The molecular weight excluding hydrogens is 214 g/mol. The summed E-state index contributed by atoms with van der Waals surface area (Å²) in [6, 6.07) is 0. The number of aromatic nitrogens is 2. The number of imidazole rings is 1. The van der Waals surface area contributed by atoms with Gasteiger partial charge in [-0.3, -0.25) is 0 Å². The van der Waals surface area contributed by atoms with Crippen molar-refractivity contribution in [2.24, 2.45) is 0 Å². The number of aliphatic hydroxyl groups excluding tert-OH is 1. The molecule has 94 valence electrons. The van der Waals surface area contributed by atoms with E-state index in [2.05, 4.69) is 14.5 Å². The van der Waals surface area contributed by atoms with Crippen LogP contribution in [0.15, 0.2) is 6.20 Å². The lowest BCUT2D eigenvalue weighted by Gasteiger charge is -2.22. The Morgan fingerprint density at radius 1 is 1.35 bits per heavy atom. The van der Waals surface area contributed by atoms with E-state index in [0.29, 0.717) is 0 Å². The monoisotopic (exact) mass is 235 g/mol. The summed E-state index contributed by atoms with van der Waals surface area (Å²) in [6.45, 7) is 4.35. The Kier molecular flexibility index (Phi) is 3.16. The van der Waals surface area contributed by atoms with Gasteiger partial charge in [-0.05, 0) is 38.8 Å². The van der Waals surface area contributed by atoms with Crippen molar-refractivity contribution < 1.29 is 5.11 Å². The van der Waals surface area contributed by atoms with Crippen molar-refractivity contribution in [2.45, 2.75) is 44.8 Å². The highest BCUT2D eigenvalue weighted by atomic mass is 16.3. The molecule has 1 fully saturated rings. The van der Waals surface area contributed by atoms with Crippen LogP contribution in [0.4, 0.5) is 0 Å². The third kappa shape index (κ3) is 2.38. The second kappa shape index (κ2) is 4.78. The Balaban J connectivity index is 1.64. The van der Waals surface area contributed by atoms with Crippen LogP contribution >= 0.6 is 0 Å². The quantitative estimate of drug-likeness (QED) is 0.843. The third-order valence-electron chi connectivity index (χ3n) is 4.00. The minimum absolute atomic E-state index is 0.178. The van der Waals surface area contributed by atoms with Crippen LogP contribution < -0.4 is 0 Å². The van der Waals surface area contributed by atoms with E-state index in [4.69, 9.17) is 0 Å². The number of hydrogen-bond acceptors (Lipinski definition) is 3. The minimum Gasteiger partial charge on any atom is -0.391 e. The molecule has 0 aromatic carbocycles. The van der Waals surface area contributed by atoms with Crippen molar-refractivity contribution in [3.8, 4) is 0 Å². The van der Waals surface area contributed by atoms with Gasteiger partial charge < -0.3 is 14.6 Å². The lowest BCUT2D eigenvalue weighted by Crippen LogP contribution is -2.27. The third-order valence-corrected chi connectivity index (χ3v) is 4.00. The molecule has 1 unspecified atom stereocenters. The van der Waals surface area contributed by atoms with Crippen LogP contribution in [0.1, 0.15) is 30.8 Å². The zero-order valence-corrected chi connectivity index (χ0v) is 10.3. The number of aliphatic hydroxyl groups is 1. The summed E-state index contributed by atoms with van der Waals surface area (Å²) in [5, 5.41) is 9.72. The first-order valence-electron chi connectivity index (χ1n) is 6.76. The van der Waals surface area contributed by atoms with Gasteiger partial charge >= 0.3 is 0 Å². The highest BCUT2D eigenvalue weighted by Gasteiger charge is 2.20. The van der Waals surface area contributed by atoms with Crippen LogP contribution in [0.3, 0.4) is 0 Å². The van der Waals surface area contributed by atoms with E-state index in [1.54, 1.807) is 0 Å². The first-order valence-corrected chi connectivity index (χ1v) is 6.76. The molecule has 3 rings (SSSR count). The fraction of sp³-hybridized carbons (Fsp3) is 0.769. The lowest BCUT2D eigenvalue weighted by molar-refractivity contribution is 0.129. The van der Waals surface area contributed by atoms with Gasteiger partial charge in [0.1, 0.15) is 5.82 Å². The van der Waals surface area contributed by atoms with Gasteiger partial charge in [-0.25, -0.2) is 4.98 Å². The number of likely N-dealkylation sites (tertiary alicyclic amines) is 1. The number of rotatable bonds is 3. The molecule has 1 atom stereocenters. The Labute approximate surface area is 102 Å². The highest BCUT2D eigenvalue weighted by molar-refractivity contribution is 5.09. The molecule has 0 radical (unpaired) electrons. The molecule has 1 N–H and O–H groups in total. The zero-order chi connectivity index (χ0) is 11.7. The van der Waals surface area contributed by atoms with Gasteiger partial charge in [0.05, 0.1) is 12.6 Å². The maximum absolute atomic E-state index is 9.72. The molecule has 17 heavy (non-hydrogen) atoms. The smallest absolute Gasteiger partial charge is 0.110 e. The average Bonchev–Trinajstić information content (AvgIpc) is 2.94. The first kappa shape index (κ1) is 11.2. The molecular formula is C13H21N3O. The van der Waals surface area contributed by atoms with Crippen LogP contribution in [0, 0.1) is 0 Å². The van der Waals surface area contributed by atoms with Crippen LogP contribution in [0.2, 0.25) is 0 Å². The summed E-state index contributed by atoms with van der Waals surface area (Å²) in [4.78, 5) is 7.03. The molecule has 0 spiro atoms. The van der Waals surface area contributed by atoms with E-state index in [1.165, 1.54) is 31.6 Å². The number of hydrogen-bond donors (Lipinski definition) is 1. The summed E-state index contributed by atoms with van der Waals surface area (Å²) in [7, 11) is 0. The predicted octanol–water partition coefficient (Wildman–Crippen LogP) is 0.828. The van der Waals surface area contributed by atoms with Crippen LogP contribution in [0.25, 0.3) is 0 Å². The normalized spacial score (nSPS) is 25.1. The van der Waals surface area contributed by atoms with Crippen molar-refractivity contribution in [3.63, 3.8) is 0 Å². The second-order valence-corrected chi connectivity index (χ2v) is 5.27. The first-order chi connectivity index (χ1) is 8.33. The summed E-state index contributed by atoms with van der Waals surface area (Å²) in [5.74, 6) is 1.16. The molecule has 1 aromatic rings. The Bertz CT molecular complexity index is 382. The van der Waals surface area contributed by atoms with Gasteiger partial charge in [-0.2, -0.15) is 0 Å². The standard InChI is InChI=1S/C13H21N3O/c17-12-4-3-11-9-14-13(16(11)10-12)5-8-15-6-1-2-7-15/h9,12,17H,1-8,10H2. The minimum atomic E-state index is -0.178. The molecule has 4 nitrogen and oxygen atoms in total. The van der Waals surface area contributed by atoms with Crippen LogP contribution in [-0.4, -0.2) is 45.3 Å². The van der Waals surface area contributed by atoms with Crippen molar-refractivity contribution in [2.75, 3.05) is 19.6 Å². The molecule has 0 bridgehead atoms. The van der Waals surface area contributed by atoms with E-state index in [0.717, 1.165) is 38.2 Å². The van der Waals surface area contributed by atoms with E-state index in [9.17, 15) is 5.11 Å². The molecule has 2 aliphatic heterocycles. The molecule has 0 aliphatic carbocycles. The molecule has 2 aliphatic rings. The molecule has 4 heteroatoms. The van der Waals surface area contributed by atoms with Gasteiger partial charge in [0.2, 0.25) is 0 Å². The number of aryl methyl sites for hydroxylation is 1. The second-order valence-electron chi connectivity index (χ2n) is 5.27. The Morgan fingerprint density at radius 3 is 3.00 bits per heavy atom. The summed E-state index contributed by atoms with van der Waals surface area (Å²) in [6.07, 6.45) is 7.38. The van der Waals surface area contributed by atoms with Crippen LogP contribution in [0.5, 0.6) is 0 Å². The summed E-state index contributed by atoms with van der Waals surface area (Å²) >= 11 is 0. The topological polar surface area (TPSA) is 41.3 Å². The highest BCUT2D eigenvalue weighted by Crippen LogP contribution is 2.18. The van der Waals surface area contributed by atoms with E-state index in [-0.39, 0.29) is 6.10 Å². The number of fused-ring (bicyclic) bond motifs is 1. The van der Waals surface area contributed by atoms with Crippen molar-refractivity contribution in [1.82, 2.24) is 14.5 Å². The maximum atomic E-state index is 9.72. The van der Waals surface area contributed by atoms with Crippen molar-refractivity contribution >= 4 is 0 Å². The largest absolute Gasteiger partial charge is 0.391 e. The van der Waals surface area contributed by atoms with Gasteiger partial charge in [0.15, 0.2) is 0 Å². The van der Waals surface area contributed by atoms with E-state index < -0.39 is 0 Å². The maximum Gasteiger partial charge on any atom is 0.110 e. The zero-order valence-electron chi connectivity index (χ0n) is 10.3. The van der Waals surface area contributed by atoms with E-state index >= 15 is 0 Å². The fourth-order valence-corrected chi connectivity index (χ4v) is 2.96. The molecule has 0 saturated carbocycles. The van der Waals surface area contributed by atoms with Gasteiger partial charge in [0.25, 0.3) is 0 Å². The number of nitrogens with zero attached hydrogens (tertiary/aromatic N) is 3. The Morgan fingerprint density at radius 2 is 2.18 bits per heavy atom. The summed E-state index contributed by atoms with van der Waals surface area (Å²) < 4.78 is 2.23. The molecule has 0 amide bonds. The van der Waals surface area contributed by atoms with Crippen LogP contribution in [-0.2, 0) is 19.4 Å². The van der Waals surface area contributed by atoms with Crippen molar-refractivity contribution in [1.29, 1.82) is 0 Å². The van der Waals surface area contributed by atoms with Crippen molar-refractivity contribution in [3.05, 3.63) is 17.7 Å². The van der Waals surface area contributed by atoms with Gasteiger partial charge in [0, 0.05) is 24.9 Å². The SMILES string of the molecule is OC1CCc2cnc(CCN3CCCC3)n2C1. The predicted molar refractivity (Wildman–Crippen MR) is 65.9 cm³/mol. The summed E-state index contributed by atoms with van der Waals surface area (Å²) in [5.41, 5.74) is 1.30. The van der Waals surface area contributed by atoms with E-state index in [1.807, 2.05) is 6.20 Å². The molecule has 1 aromatic heterocycles.